The van der Waals surface area contributed by atoms with E-state index in [9.17, 15) is 0 Å². The van der Waals surface area contributed by atoms with Crippen LogP contribution in [-0.4, -0.2) is 35.3 Å². The first kappa shape index (κ1) is 23.0. The molecule has 0 unspecified atom stereocenters. The SMILES string of the molecule is CCNC(=NCc1cccc(OC)c1OC1CCCC1)NCc1nccn1CC(C)C. The number of nitrogens with one attached hydrogen (secondary N) is 2. The van der Waals surface area contributed by atoms with E-state index in [-0.39, 0.29) is 6.10 Å². The average Bonchev–Trinajstić information content (AvgIpc) is 3.42. The zero-order chi connectivity index (χ0) is 22.1. The maximum atomic E-state index is 6.34. The molecule has 1 fully saturated rings. The molecule has 7 heteroatoms. The van der Waals surface area contributed by atoms with Crippen molar-refractivity contribution < 1.29 is 9.47 Å². The number of aliphatic imine (C=N–C) groups is 1. The first-order valence-corrected chi connectivity index (χ1v) is 11.4. The third-order valence-corrected chi connectivity index (χ3v) is 5.40. The Hall–Kier alpha value is -2.70. The Bertz CT molecular complexity index is 840. The number of benzene rings is 1. The third-order valence-electron chi connectivity index (χ3n) is 5.40. The molecular weight excluding hydrogens is 390 g/mol. The minimum atomic E-state index is 0.269. The Balaban J connectivity index is 1.70. The van der Waals surface area contributed by atoms with E-state index in [0.717, 1.165) is 54.8 Å². The summed E-state index contributed by atoms with van der Waals surface area (Å²) in [5.41, 5.74) is 1.03. The first-order valence-electron chi connectivity index (χ1n) is 11.4. The van der Waals surface area contributed by atoms with E-state index < -0.39 is 0 Å². The van der Waals surface area contributed by atoms with Crippen molar-refractivity contribution in [3.05, 3.63) is 42.0 Å². The Kier molecular flexibility index (Phi) is 8.62. The van der Waals surface area contributed by atoms with Gasteiger partial charge in [-0.1, -0.05) is 26.0 Å². The highest BCUT2D eigenvalue weighted by molar-refractivity contribution is 5.79. The van der Waals surface area contributed by atoms with E-state index in [2.05, 4.69) is 47.0 Å². The van der Waals surface area contributed by atoms with Crippen LogP contribution >= 0.6 is 0 Å². The lowest BCUT2D eigenvalue weighted by atomic mass is 10.1. The van der Waals surface area contributed by atoms with E-state index in [1.54, 1.807) is 7.11 Å². The van der Waals surface area contributed by atoms with Crippen molar-refractivity contribution in [2.24, 2.45) is 10.9 Å². The van der Waals surface area contributed by atoms with Gasteiger partial charge in [0.1, 0.15) is 5.82 Å². The summed E-state index contributed by atoms with van der Waals surface area (Å²) >= 11 is 0. The summed E-state index contributed by atoms with van der Waals surface area (Å²) < 4.78 is 14.1. The molecule has 0 spiro atoms. The second-order valence-corrected chi connectivity index (χ2v) is 8.41. The number of methoxy groups -OCH3 is 1. The second kappa shape index (κ2) is 11.6. The predicted octanol–water partition coefficient (Wildman–Crippen LogP) is 4.12. The van der Waals surface area contributed by atoms with Crippen LogP contribution in [0, 0.1) is 5.92 Å². The van der Waals surface area contributed by atoms with Crippen molar-refractivity contribution in [1.29, 1.82) is 0 Å². The number of hydrogen-bond donors (Lipinski definition) is 2. The van der Waals surface area contributed by atoms with Gasteiger partial charge >= 0.3 is 0 Å². The molecule has 1 saturated carbocycles. The lowest BCUT2D eigenvalue weighted by Crippen LogP contribution is -2.37. The highest BCUT2D eigenvalue weighted by atomic mass is 16.5. The van der Waals surface area contributed by atoms with Gasteiger partial charge in [-0.05, 0) is 44.6 Å². The molecule has 3 rings (SSSR count). The number of aromatic nitrogens is 2. The smallest absolute Gasteiger partial charge is 0.191 e. The molecule has 1 aliphatic rings. The van der Waals surface area contributed by atoms with E-state index in [1.165, 1.54) is 12.8 Å². The zero-order valence-corrected chi connectivity index (χ0v) is 19.4. The second-order valence-electron chi connectivity index (χ2n) is 8.41. The number of imidazole rings is 1. The molecule has 31 heavy (non-hydrogen) atoms. The van der Waals surface area contributed by atoms with Gasteiger partial charge in [0.15, 0.2) is 17.5 Å². The summed E-state index contributed by atoms with van der Waals surface area (Å²) in [5.74, 6) is 3.93. The van der Waals surface area contributed by atoms with Gasteiger partial charge in [0, 0.05) is 31.0 Å². The number of nitrogens with zero attached hydrogens (tertiary/aromatic N) is 3. The van der Waals surface area contributed by atoms with E-state index in [0.29, 0.717) is 19.0 Å². The van der Waals surface area contributed by atoms with Crippen LogP contribution < -0.4 is 20.1 Å². The fourth-order valence-electron chi connectivity index (χ4n) is 3.89. The topological polar surface area (TPSA) is 72.7 Å². The van der Waals surface area contributed by atoms with Crippen molar-refractivity contribution >= 4 is 5.96 Å². The van der Waals surface area contributed by atoms with Gasteiger partial charge in [-0.3, -0.25) is 0 Å². The molecule has 0 aliphatic heterocycles. The van der Waals surface area contributed by atoms with E-state index >= 15 is 0 Å². The number of para-hydroxylation sites is 1. The molecule has 0 saturated heterocycles. The summed E-state index contributed by atoms with van der Waals surface area (Å²) in [7, 11) is 1.69. The number of hydrogen-bond acceptors (Lipinski definition) is 4. The number of rotatable bonds is 10. The fraction of sp³-hybridized carbons (Fsp3) is 0.583. The monoisotopic (exact) mass is 427 g/mol. The van der Waals surface area contributed by atoms with Crippen molar-refractivity contribution in [2.75, 3.05) is 13.7 Å². The Morgan fingerprint density at radius 2 is 2.06 bits per heavy atom. The molecule has 170 valence electrons. The van der Waals surface area contributed by atoms with Crippen LogP contribution in [0.5, 0.6) is 11.5 Å². The quantitative estimate of drug-likeness (QED) is 0.441. The van der Waals surface area contributed by atoms with Crippen molar-refractivity contribution in [2.45, 2.75) is 72.2 Å². The van der Waals surface area contributed by atoms with Gasteiger partial charge in [-0.15, -0.1) is 0 Å². The van der Waals surface area contributed by atoms with Gasteiger partial charge in [0.2, 0.25) is 0 Å². The molecule has 0 bridgehead atoms. The molecule has 1 aromatic carbocycles. The largest absolute Gasteiger partial charge is 0.493 e. The average molecular weight is 428 g/mol. The highest BCUT2D eigenvalue weighted by Crippen LogP contribution is 2.35. The summed E-state index contributed by atoms with van der Waals surface area (Å²) in [4.78, 5) is 9.30. The van der Waals surface area contributed by atoms with Crippen LogP contribution in [0.2, 0.25) is 0 Å². The molecule has 1 heterocycles. The third kappa shape index (κ3) is 6.64. The van der Waals surface area contributed by atoms with Gasteiger partial charge in [0.25, 0.3) is 0 Å². The van der Waals surface area contributed by atoms with Crippen LogP contribution in [0.1, 0.15) is 57.8 Å². The van der Waals surface area contributed by atoms with Crippen molar-refractivity contribution in [1.82, 2.24) is 20.2 Å². The fourth-order valence-corrected chi connectivity index (χ4v) is 3.89. The molecule has 7 nitrogen and oxygen atoms in total. The summed E-state index contributed by atoms with van der Waals surface area (Å²) in [6.07, 6.45) is 8.83. The van der Waals surface area contributed by atoms with Crippen LogP contribution in [-0.2, 0) is 19.6 Å². The van der Waals surface area contributed by atoms with E-state index in [1.807, 2.05) is 24.5 Å². The predicted molar refractivity (Wildman–Crippen MR) is 125 cm³/mol. The Labute approximate surface area is 186 Å². The maximum absolute atomic E-state index is 6.34. The molecule has 2 N–H and O–H groups in total. The minimum absolute atomic E-state index is 0.269. The molecule has 0 atom stereocenters. The Morgan fingerprint density at radius 3 is 2.77 bits per heavy atom. The normalized spacial score (nSPS) is 14.8. The lowest BCUT2D eigenvalue weighted by molar-refractivity contribution is 0.198. The molecule has 1 aromatic heterocycles. The Morgan fingerprint density at radius 1 is 1.26 bits per heavy atom. The zero-order valence-electron chi connectivity index (χ0n) is 19.4. The highest BCUT2D eigenvalue weighted by Gasteiger charge is 2.20. The molecule has 1 aliphatic carbocycles. The summed E-state index contributed by atoms with van der Waals surface area (Å²) in [6.45, 7) is 9.36. The molecule has 2 aromatic rings. The van der Waals surface area contributed by atoms with Crippen LogP contribution in [0.4, 0.5) is 0 Å². The molecular formula is C24H37N5O2. The van der Waals surface area contributed by atoms with Gasteiger partial charge < -0.3 is 24.7 Å². The number of guanidine groups is 1. The van der Waals surface area contributed by atoms with E-state index in [4.69, 9.17) is 14.5 Å². The summed E-state index contributed by atoms with van der Waals surface area (Å²) in [6, 6.07) is 6.01. The summed E-state index contributed by atoms with van der Waals surface area (Å²) in [5, 5.41) is 6.74. The van der Waals surface area contributed by atoms with Crippen molar-refractivity contribution in [3.63, 3.8) is 0 Å². The number of ether oxygens (including phenoxy) is 2. The van der Waals surface area contributed by atoms with Crippen LogP contribution in [0.15, 0.2) is 35.6 Å². The van der Waals surface area contributed by atoms with Crippen LogP contribution in [0.3, 0.4) is 0 Å². The first-order chi connectivity index (χ1) is 15.1. The standard InChI is InChI=1S/C24H37N5O2/c1-5-25-24(28-16-22-26-13-14-29(22)17-18(2)3)27-15-19-9-8-12-21(30-4)23(19)31-20-10-6-7-11-20/h8-9,12-14,18,20H,5-7,10-11,15-17H2,1-4H3,(H2,25,27,28). The lowest BCUT2D eigenvalue weighted by Gasteiger charge is -2.19. The van der Waals surface area contributed by atoms with Crippen molar-refractivity contribution in [3.8, 4) is 11.5 Å². The van der Waals surface area contributed by atoms with Gasteiger partial charge in [-0.25, -0.2) is 9.98 Å². The van der Waals surface area contributed by atoms with Gasteiger partial charge in [-0.2, -0.15) is 0 Å². The molecule has 0 amide bonds. The van der Waals surface area contributed by atoms with Gasteiger partial charge in [0.05, 0.1) is 26.3 Å². The maximum Gasteiger partial charge on any atom is 0.191 e. The molecule has 0 radical (unpaired) electrons. The minimum Gasteiger partial charge on any atom is -0.493 e. The van der Waals surface area contributed by atoms with Crippen LogP contribution in [0.25, 0.3) is 0 Å².